The Balaban J connectivity index is 2.18. The van der Waals surface area contributed by atoms with Crippen molar-refractivity contribution in [3.63, 3.8) is 0 Å². The van der Waals surface area contributed by atoms with Crippen LogP contribution < -0.4 is 5.32 Å². The quantitative estimate of drug-likeness (QED) is 0.473. The van der Waals surface area contributed by atoms with E-state index in [1.165, 1.54) is 0 Å². The Morgan fingerprint density at radius 1 is 1.40 bits per heavy atom. The topological polar surface area (TPSA) is 41.5 Å². The van der Waals surface area contributed by atoms with E-state index in [9.17, 15) is 5.11 Å². The van der Waals surface area contributed by atoms with Gasteiger partial charge in [-0.1, -0.05) is 25.4 Å². The van der Waals surface area contributed by atoms with E-state index in [4.69, 9.17) is 16.3 Å². The molecular formula is C15H23ClINO2. The van der Waals surface area contributed by atoms with Crippen LogP contribution in [0.1, 0.15) is 26.7 Å². The summed E-state index contributed by atoms with van der Waals surface area (Å²) >= 11 is 8.32. The highest BCUT2D eigenvalue weighted by atomic mass is 127. The molecule has 114 valence electrons. The van der Waals surface area contributed by atoms with Crippen molar-refractivity contribution in [3.8, 4) is 0 Å². The van der Waals surface area contributed by atoms with Crippen LogP contribution >= 0.6 is 34.2 Å². The molecule has 0 aliphatic heterocycles. The van der Waals surface area contributed by atoms with Crippen LogP contribution in [0.25, 0.3) is 0 Å². The number of hydrogen-bond acceptors (Lipinski definition) is 3. The lowest BCUT2D eigenvalue weighted by atomic mass is 10.1. The minimum atomic E-state index is -0.524. The Labute approximate surface area is 140 Å². The smallest absolute Gasteiger partial charge is 0.0945 e. The zero-order chi connectivity index (χ0) is 15.0. The average molecular weight is 412 g/mol. The highest BCUT2D eigenvalue weighted by molar-refractivity contribution is 14.1. The second kappa shape index (κ2) is 9.82. The van der Waals surface area contributed by atoms with E-state index in [1.54, 1.807) is 0 Å². The highest BCUT2D eigenvalue weighted by Crippen LogP contribution is 2.23. The summed E-state index contributed by atoms with van der Waals surface area (Å²) in [5.74, 6) is 0.702. The minimum Gasteiger partial charge on any atom is -0.389 e. The third-order valence-corrected chi connectivity index (χ3v) is 3.82. The molecule has 0 saturated carbocycles. The molecule has 1 unspecified atom stereocenters. The first-order valence-corrected chi connectivity index (χ1v) is 8.39. The van der Waals surface area contributed by atoms with E-state index < -0.39 is 6.10 Å². The van der Waals surface area contributed by atoms with Crippen molar-refractivity contribution in [1.29, 1.82) is 0 Å². The van der Waals surface area contributed by atoms with Gasteiger partial charge in [0.2, 0.25) is 0 Å². The Morgan fingerprint density at radius 2 is 2.15 bits per heavy atom. The maximum Gasteiger partial charge on any atom is 0.0945 e. The second-order valence-corrected chi connectivity index (χ2v) is 6.92. The largest absolute Gasteiger partial charge is 0.389 e. The van der Waals surface area contributed by atoms with Gasteiger partial charge < -0.3 is 15.2 Å². The van der Waals surface area contributed by atoms with E-state index in [0.717, 1.165) is 22.1 Å². The van der Waals surface area contributed by atoms with Crippen molar-refractivity contribution in [2.45, 2.75) is 32.8 Å². The number of hydrogen-bond donors (Lipinski definition) is 2. The first-order chi connectivity index (χ1) is 9.49. The lowest BCUT2D eigenvalue weighted by molar-refractivity contribution is 0.0409. The molecule has 1 aromatic rings. The van der Waals surface area contributed by atoms with E-state index in [0.29, 0.717) is 30.7 Å². The molecule has 0 fully saturated rings. The molecular weight excluding hydrogens is 389 g/mol. The molecule has 1 atom stereocenters. The van der Waals surface area contributed by atoms with Crippen molar-refractivity contribution in [2.24, 2.45) is 5.92 Å². The molecule has 0 saturated heterocycles. The van der Waals surface area contributed by atoms with Gasteiger partial charge in [0.05, 0.1) is 23.4 Å². The van der Waals surface area contributed by atoms with Gasteiger partial charge in [-0.3, -0.25) is 0 Å². The fourth-order valence-corrected chi connectivity index (χ4v) is 2.66. The zero-order valence-electron chi connectivity index (χ0n) is 12.0. The first-order valence-electron chi connectivity index (χ1n) is 6.93. The van der Waals surface area contributed by atoms with Crippen LogP contribution in [0.4, 0.5) is 5.69 Å². The summed E-state index contributed by atoms with van der Waals surface area (Å²) in [5, 5.41) is 13.6. The van der Waals surface area contributed by atoms with Crippen LogP contribution in [-0.2, 0) is 4.74 Å². The van der Waals surface area contributed by atoms with Gasteiger partial charge in [0.15, 0.2) is 0 Å². The van der Waals surface area contributed by atoms with Crippen molar-refractivity contribution in [2.75, 3.05) is 25.1 Å². The van der Waals surface area contributed by atoms with Crippen LogP contribution in [-0.4, -0.2) is 31.0 Å². The summed E-state index contributed by atoms with van der Waals surface area (Å²) in [7, 11) is 0. The van der Waals surface area contributed by atoms with Crippen LogP contribution in [0, 0.1) is 9.49 Å². The third-order valence-electron chi connectivity index (χ3n) is 2.84. The van der Waals surface area contributed by atoms with E-state index in [1.807, 2.05) is 18.2 Å². The Bertz CT molecular complexity index is 401. The first kappa shape index (κ1) is 18.0. The van der Waals surface area contributed by atoms with Crippen molar-refractivity contribution in [1.82, 2.24) is 0 Å². The SMILES string of the molecule is CC(C)CCCOCC(O)CNc1ccc(I)cc1Cl. The third kappa shape index (κ3) is 7.67. The Hall–Kier alpha value is -0.0400. The molecule has 0 radical (unpaired) electrons. The van der Waals surface area contributed by atoms with E-state index in [-0.39, 0.29) is 0 Å². The molecule has 0 heterocycles. The van der Waals surface area contributed by atoms with Gasteiger partial charge in [-0.15, -0.1) is 0 Å². The standard InChI is InChI=1S/C15H23ClINO2/c1-11(2)4-3-7-20-10-13(19)9-18-15-6-5-12(17)8-14(15)16/h5-6,8,11,13,18-19H,3-4,7,9-10H2,1-2H3. The van der Waals surface area contributed by atoms with Gasteiger partial charge in [0.25, 0.3) is 0 Å². The summed E-state index contributed by atoms with van der Waals surface area (Å²) < 4.78 is 6.55. The minimum absolute atomic E-state index is 0.354. The number of ether oxygens (including phenoxy) is 1. The number of aliphatic hydroxyl groups is 1. The monoisotopic (exact) mass is 411 g/mol. The summed E-state index contributed by atoms with van der Waals surface area (Å²) in [5.41, 5.74) is 0.839. The van der Waals surface area contributed by atoms with E-state index >= 15 is 0 Å². The van der Waals surface area contributed by atoms with Gasteiger partial charge in [-0.2, -0.15) is 0 Å². The van der Waals surface area contributed by atoms with Crippen LogP contribution in [0.5, 0.6) is 0 Å². The van der Waals surface area contributed by atoms with Crippen molar-refractivity contribution < 1.29 is 9.84 Å². The summed E-state index contributed by atoms with van der Waals surface area (Å²) in [6.07, 6.45) is 1.68. The molecule has 0 aromatic heterocycles. The van der Waals surface area contributed by atoms with Crippen molar-refractivity contribution in [3.05, 3.63) is 26.8 Å². The lowest BCUT2D eigenvalue weighted by Gasteiger charge is -2.14. The molecule has 5 heteroatoms. The molecule has 3 nitrogen and oxygen atoms in total. The van der Waals surface area contributed by atoms with Crippen LogP contribution in [0.3, 0.4) is 0 Å². The van der Waals surface area contributed by atoms with Gasteiger partial charge in [-0.25, -0.2) is 0 Å². The lowest BCUT2D eigenvalue weighted by Crippen LogP contribution is -2.25. The molecule has 0 aliphatic carbocycles. The number of anilines is 1. The molecule has 0 bridgehead atoms. The molecule has 0 amide bonds. The number of aliphatic hydroxyl groups excluding tert-OH is 1. The predicted octanol–water partition coefficient (Wildman–Crippen LogP) is 4.17. The van der Waals surface area contributed by atoms with E-state index in [2.05, 4.69) is 41.8 Å². The maximum absolute atomic E-state index is 9.83. The predicted molar refractivity (Wildman–Crippen MR) is 93.6 cm³/mol. The zero-order valence-corrected chi connectivity index (χ0v) is 14.9. The number of benzene rings is 1. The summed E-state index contributed by atoms with van der Waals surface area (Å²) in [6, 6.07) is 5.78. The fraction of sp³-hybridized carbons (Fsp3) is 0.600. The Morgan fingerprint density at radius 3 is 2.80 bits per heavy atom. The van der Waals surface area contributed by atoms with Gasteiger partial charge in [0, 0.05) is 16.7 Å². The molecule has 0 aliphatic rings. The fourth-order valence-electron chi connectivity index (χ4n) is 1.73. The number of rotatable bonds is 9. The molecule has 1 rings (SSSR count). The second-order valence-electron chi connectivity index (χ2n) is 5.27. The maximum atomic E-state index is 9.83. The average Bonchev–Trinajstić information content (AvgIpc) is 2.37. The van der Waals surface area contributed by atoms with Gasteiger partial charge >= 0.3 is 0 Å². The van der Waals surface area contributed by atoms with Gasteiger partial charge in [0.1, 0.15) is 0 Å². The number of halogens is 2. The molecule has 20 heavy (non-hydrogen) atoms. The molecule has 1 aromatic carbocycles. The van der Waals surface area contributed by atoms with Crippen molar-refractivity contribution >= 4 is 39.9 Å². The molecule has 0 spiro atoms. The molecule has 2 N–H and O–H groups in total. The van der Waals surface area contributed by atoms with Crippen LogP contribution in [0.15, 0.2) is 18.2 Å². The van der Waals surface area contributed by atoms with Gasteiger partial charge in [-0.05, 0) is 59.5 Å². The Kier molecular flexibility index (Phi) is 8.84. The summed E-state index contributed by atoms with van der Waals surface area (Å²) in [4.78, 5) is 0. The van der Waals surface area contributed by atoms with Crippen LogP contribution in [0.2, 0.25) is 5.02 Å². The number of nitrogens with one attached hydrogen (secondary N) is 1. The highest BCUT2D eigenvalue weighted by Gasteiger charge is 2.06. The normalized spacial score (nSPS) is 12.7. The summed E-state index contributed by atoms with van der Waals surface area (Å²) in [6.45, 7) is 5.89.